The van der Waals surface area contributed by atoms with Crippen molar-refractivity contribution in [2.24, 2.45) is 0 Å². The molecule has 1 heterocycles. The summed E-state index contributed by atoms with van der Waals surface area (Å²) < 4.78 is 9.70. The Morgan fingerprint density at radius 3 is 2.62 bits per heavy atom. The fraction of sp³-hybridized carbons (Fsp3) is 0.364. The van der Waals surface area contributed by atoms with Gasteiger partial charge >= 0.3 is 0 Å². The molecule has 7 heteroatoms. The summed E-state index contributed by atoms with van der Waals surface area (Å²) in [5, 5.41) is 7.43. The van der Waals surface area contributed by atoms with E-state index in [9.17, 15) is 0 Å². The molecule has 0 fully saturated rings. The van der Waals surface area contributed by atoms with E-state index in [-0.39, 0.29) is 0 Å². The average Bonchev–Trinajstić information content (AvgIpc) is 3.11. The number of hydrogen-bond acceptors (Lipinski definition) is 4. The van der Waals surface area contributed by atoms with Crippen LogP contribution in [0, 0.1) is 4.77 Å². The van der Waals surface area contributed by atoms with Crippen LogP contribution in [0.3, 0.4) is 0 Å². The summed E-state index contributed by atoms with van der Waals surface area (Å²) >= 11 is 8.91. The number of H-pyrrole nitrogens is 1. The molecular formula is C22H27BrN4OS. The quantitative estimate of drug-likeness (QED) is 0.383. The summed E-state index contributed by atoms with van der Waals surface area (Å²) in [6.45, 7) is 8.94. The molecule has 0 spiro atoms. The van der Waals surface area contributed by atoms with Gasteiger partial charge in [-0.15, -0.1) is 0 Å². The Kier molecular flexibility index (Phi) is 8.03. The Balaban J connectivity index is 1.70. The lowest BCUT2D eigenvalue weighted by atomic mass is 10.1. The summed E-state index contributed by atoms with van der Waals surface area (Å²) in [4.78, 5) is 2.42. The molecule has 29 heavy (non-hydrogen) atoms. The summed E-state index contributed by atoms with van der Waals surface area (Å²) in [5.74, 6) is 1.72. The van der Waals surface area contributed by atoms with Gasteiger partial charge in [-0.3, -0.25) is 5.10 Å². The molecule has 0 aliphatic heterocycles. The molecule has 3 rings (SSSR count). The molecule has 3 aromatic rings. The standard InChI is InChI=1S/C22H27BrN4OS/c1-3-26(4-2)13-6-14-27-21(24-25-22(27)29)18-8-5-7-17(15-18)16-28-20-11-9-19(23)10-12-20/h5,7-12,15H,3-4,6,13-14,16H2,1-2H3,(H,25,29). The first-order valence-corrected chi connectivity index (χ1v) is 11.2. The van der Waals surface area contributed by atoms with Crippen LogP contribution in [0.4, 0.5) is 0 Å². The van der Waals surface area contributed by atoms with Crippen LogP contribution in [0.15, 0.2) is 53.0 Å². The van der Waals surface area contributed by atoms with Gasteiger partial charge in [0.05, 0.1) is 0 Å². The monoisotopic (exact) mass is 474 g/mol. The first-order valence-electron chi connectivity index (χ1n) is 9.96. The highest BCUT2D eigenvalue weighted by Gasteiger charge is 2.10. The van der Waals surface area contributed by atoms with Gasteiger partial charge in [0.2, 0.25) is 0 Å². The Hall–Kier alpha value is -1.96. The molecule has 0 saturated heterocycles. The fourth-order valence-electron chi connectivity index (χ4n) is 3.24. The maximum absolute atomic E-state index is 5.91. The van der Waals surface area contributed by atoms with Gasteiger partial charge in [0.1, 0.15) is 12.4 Å². The lowest BCUT2D eigenvalue weighted by Gasteiger charge is -2.18. The zero-order valence-corrected chi connectivity index (χ0v) is 19.3. The molecule has 154 valence electrons. The van der Waals surface area contributed by atoms with Crippen LogP contribution >= 0.6 is 28.1 Å². The summed E-state index contributed by atoms with van der Waals surface area (Å²) in [5.41, 5.74) is 2.13. The number of aromatic nitrogens is 3. The van der Waals surface area contributed by atoms with Crippen molar-refractivity contribution in [3.63, 3.8) is 0 Å². The maximum Gasteiger partial charge on any atom is 0.195 e. The second-order valence-corrected chi connectivity index (χ2v) is 8.13. The van der Waals surface area contributed by atoms with E-state index in [1.165, 1.54) is 0 Å². The number of rotatable bonds is 10. The van der Waals surface area contributed by atoms with Gasteiger partial charge in [-0.1, -0.05) is 48.0 Å². The van der Waals surface area contributed by atoms with E-state index >= 15 is 0 Å². The molecule has 0 radical (unpaired) electrons. The van der Waals surface area contributed by atoms with Gasteiger partial charge in [0, 0.05) is 16.6 Å². The third-order valence-electron chi connectivity index (χ3n) is 4.91. The van der Waals surface area contributed by atoms with Crippen molar-refractivity contribution >= 4 is 28.1 Å². The van der Waals surface area contributed by atoms with Crippen LogP contribution in [0.25, 0.3) is 11.4 Å². The van der Waals surface area contributed by atoms with E-state index in [4.69, 9.17) is 17.0 Å². The van der Waals surface area contributed by atoms with Crippen molar-refractivity contribution in [2.45, 2.75) is 33.4 Å². The van der Waals surface area contributed by atoms with Gasteiger partial charge in [-0.25, -0.2) is 0 Å². The minimum absolute atomic E-state index is 0.503. The molecule has 0 aliphatic carbocycles. The number of nitrogens with one attached hydrogen (secondary N) is 1. The highest BCUT2D eigenvalue weighted by molar-refractivity contribution is 9.10. The topological polar surface area (TPSA) is 46.1 Å². The molecule has 0 aliphatic rings. The number of halogens is 1. The van der Waals surface area contributed by atoms with Gasteiger partial charge in [-0.2, -0.15) is 5.10 Å². The first kappa shape index (κ1) is 21.7. The predicted molar refractivity (Wildman–Crippen MR) is 124 cm³/mol. The average molecular weight is 475 g/mol. The van der Waals surface area contributed by atoms with Crippen LogP contribution in [0.5, 0.6) is 5.75 Å². The molecule has 2 aromatic carbocycles. The highest BCUT2D eigenvalue weighted by atomic mass is 79.9. The highest BCUT2D eigenvalue weighted by Crippen LogP contribution is 2.21. The van der Waals surface area contributed by atoms with Crippen LogP contribution in [0.1, 0.15) is 25.8 Å². The zero-order valence-electron chi connectivity index (χ0n) is 16.9. The number of aromatic amines is 1. The molecule has 0 unspecified atom stereocenters. The van der Waals surface area contributed by atoms with E-state index < -0.39 is 0 Å². The van der Waals surface area contributed by atoms with E-state index in [1.54, 1.807) is 0 Å². The minimum atomic E-state index is 0.503. The fourth-order valence-corrected chi connectivity index (χ4v) is 3.72. The van der Waals surface area contributed by atoms with Gasteiger partial charge < -0.3 is 14.2 Å². The maximum atomic E-state index is 5.91. The Morgan fingerprint density at radius 1 is 1.14 bits per heavy atom. The van der Waals surface area contributed by atoms with E-state index in [0.29, 0.717) is 11.4 Å². The Labute approximate surface area is 185 Å². The molecule has 0 amide bonds. The molecule has 1 N–H and O–H groups in total. The summed E-state index contributed by atoms with van der Waals surface area (Å²) in [6, 6.07) is 16.1. The van der Waals surface area contributed by atoms with Crippen LogP contribution < -0.4 is 4.74 Å². The van der Waals surface area contributed by atoms with E-state index in [2.05, 4.69) is 67.6 Å². The predicted octanol–water partition coefficient (Wildman–Crippen LogP) is 5.68. The van der Waals surface area contributed by atoms with Crippen LogP contribution in [0.2, 0.25) is 0 Å². The number of ether oxygens (including phenoxy) is 1. The van der Waals surface area contributed by atoms with Crippen molar-refractivity contribution in [2.75, 3.05) is 19.6 Å². The minimum Gasteiger partial charge on any atom is -0.489 e. The van der Waals surface area contributed by atoms with Crippen molar-refractivity contribution in [3.05, 3.63) is 63.3 Å². The van der Waals surface area contributed by atoms with Crippen molar-refractivity contribution in [1.82, 2.24) is 19.7 Å². The van der Waals surface area contributed by atoms with Crippen molar-refractivity contribution in [1.29, 1.82) is 0 Å². The number of hydrogen-bond donors (Lipinski definition) is 1. The normalized spacial score (nSPS) is 11.2. The second-order valence-electron chi connectivity index (χ2n) is 6.83. The van der Waals surface area contributed by atoms with Gasteiger partial charge in [-0.05, 0) is 74.2 Å². The molecular weight excluding hydrogens is 448 g/mol. The molecule has 1 aromatic heterocycles. The SMILES string of the molecule is CCN(CC)CCCn1c(-c2cccc(COc3ccc(Br)cc3)c2)n[nH]c1=S. The zero-order chi connectivity index (χ0) is 20.6. The summed E-state index contributed by atoms with van der Waals surface area (Å²) in [6.07, 6.45) is 1.04. The van der Waals surface area contributed by atoms with Crippen molar-refractivity contribution < 1.29 is 4.74 Å². The molecule has 0 saturated carbocycles. The second kappa shape index (κ2) is 10.7. The number of nitrogens with zero attached hydrogens (tertiary/aromatic N) is 3. The lowest BCUT2D eigenvalue weighted by molar-refractivity contribution is 0.293. The molecule has 0 atom stereocenters. The largest absolute Gasteiger partial charge is 0.489 e. The molecule has 0 bridgehead atoms. The van der Waals surface area contributed by atoms with E-state index in [1.807, 2.05) is 30.3 Å². The third kappa shape index (κ3) is 6.01. The van der Waals surface area contributed by atoms with Crippen LogP contribution in [-0.4, -0.2) is 39.3 Å². The number of benzene rings is 2. The van der Waals surface area contributed by atoms with Crippen molar-refractivity contribution in [3.8, 4) is 17.1 Å². The summed E-state index contributed by atoms with van der Waals surface area (Å²) in [7, 11) is 0. The van der Waals surface area contributed by atoms with Gasteiger partial charge in [0.25, 0.3) is 0 Å². The molecule has 5 nitrogen and oxygen atoms in total. The van der Waals surface area contributed by atoms with Gasteiger partial charge in [0.15, 0.2) is 10.6 Å². The Morgan fingerprint density at radius 2 is 1.90 bits per heavy atom. The Bertz CT molecular complexity index is 963. The van der Waals surface area contributed by atoms with Crippen LogP contribution in [-0.2, 0) is 13.2 Å². The first-order chi connectivity index (χ1) is 14.1. The van der Waals surface area contributed by atoms with E-state index in [0.717, 1.165) is 59.8 Å². The third-order valence-corrected chi connectivity index (χ3v) is 5.75. The lowest BCUT2D eigenvalue weighted by Crippen LogP contribution is -2.25. The smallest absolute Gasteiger partial charge is 0.195 e.